The highest BCUT2D eigenvalue weighted by Gasteiger charge is 2.14. The molecule has 0 unspecified atom stereocenters. The number of rotatable bonds is 8. The van der Waals surface area contributed by atoms with E-state index in [0.717, 1.165) is 56.8 Å². The molecule has 1 amide bonds. The minimum absolute atomic E-state index is 0.293. The summed E-state index contributed by atoms with van der Waals surface area (Å²) in [6.45, 7) is 8.81. The molecule has 1 aliphatic heterocycles. The standard InChI is InChI=1S/C20H27N3O5/c1-2-27-20(25)22-16-4-5-17-15(12-19(24)28-18(17)13-16)14-21-6-3-7-23-8-10-26-11-9-23/h4-5,12-13,21H,2-3,6-11,14H2,1H3,(H,22,25)/p+2. The van der Waals surface area contributed by atoms with Crippen molar-refractivity contribution < 1.29 is 28.9 Å². The van der Waals surface area contributed by atoms with Crippen LogP contribution < -0.4 is 21.2 Å². The van der Waals surface area contributed by atoms with Crippen molar-refractivity contribution in [3.05, 3.63) is 40.2 Å². The van der Waals surface area contributed by atoms with Gasteiger partial charge in [0.05, 0.1) is 32.9 Å². The summed E-state index contributed by atoms with van der Waals surface area (Å²) in [7, 11) is 0. The zero-order valence-electron chi connectivity index (χ0n) is 16.3. The maximum Gasteiger partial charge on any atom is 0.411 e. The van der Waals surface area contributed by atoms with Gasteiger partial charge in [-0.15, -0.1) is 0 Å². The summed E-state index contributed by atoms with van der Waals surface area (Å²) in [4.78, 5) is 25.1. The van der Waals surface area contributed by atoms with Gasteiger partial charge in [0.2, 0.25) is 0 Å². The molecule has 152 valence electrons. The van der Waals surface area contributed by atoms with Gasteiger partial charge in [-0.3, -0.25) is 5.32 Å². The Morgan fingerprint density at radius 2 is 2.11 bits per heavy atom. The maximum absolute atomic E-state index is 11.9. The van der Waals surface area contributed by atoms with E-state index in [0.29, 0.717) is 24.4 Å². The van der Waals surface area contributed by atoms with Crippen LogP contribution in [0.15, 0.2) is 33.5 Å². The molecule has 3 rings (SSSR count). The van der Waals surface area contributed by atoms with Crippen LogP contribution in [0.5, 0.6) is 0 Å². The number of ether oxygens (including phenoxy) is 2. The molecular weight excluding hydrogens is 362 g/mol. The van der Waals surface area contributed by atoms with Gasteiger partial charge in [0.1, 0.15) is 25.2 Å². The lowest BCUT2D eigenvalue weighted by molar-refractivity contribution is -0.909. The Hall–Kier alpha value is -2.42. The Balaban J connectivity index is 1.57. The third-order valence-electron chi connectivity index (χ3n) is 4.85. The number of morpholine rings is 1. The summed E-state index contributed by atoms with van der Waals surface area (Å²) in [5.41, 5.74) is 1.54. The molecule has 2 aromatic rings. The number of hydrogen-bond acceptors (Lipinski definition) is 5. The van der Waals surface area contributed by atoms with Gasteiger partial charge < -0.3 is 24.1 Å². The van der Waals surface area contributed by atoms with E-state index in [9.17, 15) is 9.59 Å². The third-order valence-corrected chi connectivity index (χ3v) is 4.85. The fourth-order valence-electron chi connectivity index (χ4n) is 3.43. The zero-order valence-corrected chi connectivity index (χ0v) is 16.3. The minimum Gasteiger partial charge on any atom is -0.450 e. The van der Waals surface area contributed by atoms with Gasteiger partial charge in [-0.05, 0) is 19.1 Å². The molecule has 0 aliphatic carbocycles. The van der Waals surface area contributed by atoms with Crippen LogP contribution in [0.4, 0.5) is 10.5 Å². The minimum atomic E-state index is -0.531. The number of carbonyl (C=O) groups is 1. The molecule has 1 fully saturated rings. The van der Waals surface area contributed by atoms with Crippen molar-refractivity contribution in [3.8, 4) is 0 Å². The summed E-state index contributed by atoms with van der Waals surface area (Å²) >= 11 is 0. The number of anilines is 1. The van der Waals surface area contributed by atoms with Crippen LogP contribution in [-0.4, -0.2) is 52.1 Å². The van der Waals surface area contributed by atoms with Gasteiger partial charge in [0.15, 0.2) is 0 Å². The first-order valence-corrected chi connectivity index (χ1v) is 9.89. The number of amides is 1. The van der Waals surface area contributed by atoms with Crippen LogP contribution in [0, 0.1) is 0 Å². The van der Waals surface area contributed by atoms with Crippen LogP contribution in [0.3, 0.4) is 0 Å². The molecule has 8 heteroatoms. The monoisotopic (exact) mass is 391 g/mol. The lowest BCUT2D eigenvalue weighted by Gasteiger charge is -2.23. The molecule has 0 bridgehead atoms. The smallest absolute Gasteiger partial charge is 0.411 e. The van der Waals surface area contributed by atoms with Gasteiger partial charge in [-0.25, -0.2) is 9.59 Å². The van der Waals surface area contributed by atoms with Crippen molar-refractivity contribution >= 4 is 22.7 Å². The predicted octanol–water partition coefficient (Wildman–Crippen LogP) is -0.270. The number of nitrogens with two attached hydrogens (primary N) is 1. The number of hydrogen-bond donors (Lipinski definition) is 3. The summed E-state index contributed by atoms with van der Waals surface area (Å²) in [5, 5.41) is 5.72. The highest BCUT2D eigenvalue weighted by atomic mass is 16.5. The fraction of sp³-hybridized carbons (Fsp3) is 0.500. The molecule has 0 atom stereocenters. The van der Waals surface area contributed by atoms with E-state index in [-0.39, 0.29) is 5.63 Å². The van der Waals surface area contributed by atoms with E-state index in [4.69, 9.17) is 13.9 Å². The molecule has 4 N–H and O–H groups in total. The van der Waals surface area contributed by atoms with Gasteiger partial charge in [-0.1, -0.05) is 0 Å². The van der Waals surface area contributed by atoms with Crippen molar-refractivity contribution in [1.82, 2.24) is 0 Å². The summed E-state index contributed by atoms with van der Waals surface area (Å²) in [6, 6.07) is 6.84. The second-order valence-electron chi connectivity index (χ2n) is 6.89. The van der Waals surface area contributed by atoms with Crippen LogP contribution >= 0.6 is 0 Å². The van der Waals surface area contributed by atoms with E-state index in [1.807, 2.05) is 6.07 Å². The van der Waals surface area contributed by atoms with Crippen molar-refractivity contribution in [2.45, 2.75) is 19.9 Å². The molecule has 0 radical (unpaired) electrons. The van der Waals surface area contributed by atoms with E-state index in [1.54, 1.807) is 30.0 Å². The molecule has 0 saturated carbocycles. The molecule has 8 nitrogen and oxygen atoms in total. The highest BCUT2D eigenvalue weighted by molar-refractivity contribution is 5.89. The molecule has 2 heterocycles. The van der Waals surface area contributed by atoms with Crippen molar-refractivity contribution in [2.24, 2.45) is 0 Å². The normalized spacial score (nSPS) is 14.9. The first-order chi connectivity index (χ1) is 13.7. The van der Waals surface area contributed by atoms with E-state index >= 15 is 0 Å². The van der Waals surface area contributed by atoms with Gasteiger partial charge in [0.25, 0.3) is 0 Å². The van der Waals surface area contributed by atoms with Gasteiger partial charge >= 0.3 is 11.7 Å². The average molecular weight is 391 g/mol. The molecule has 1 aromatic carbocycles. The molecule has 28 heavy (non-hydrogen) atoms. The van der Waals surface area contributed by atoms with Gasteiger partial charge in [-0.2, -0.15) is 0 Å². The molecule has 0 spiro atoms. The largest absolute Gasteiger partial charge is 0.450 e. The maximum atomic E-state index is 11.9. The quantitative estimate of drug-likeness (QED) is 0.425. The number of quaternary nitrogens is 2. The topological polar surface area (TPSA) is 98.8 Å². The van der Waals surface area contributed by atoms with E-state index < -0.39 is 6.09 Å². The molecular formula is C20H29N3O5+2. The van der Waals surface area contributed by atoms with Crippen LogP contribution in [0.1, 0.15) is 18.9 Å². The Morgan fingerprint density at radius 1 is 1.29 bits per heavy atom. The Morgan fingerprint density at radius 3 is 2.89 bits per heavy atom. The fourth-order valence-corrected chi connectivity index (χ4v) is 3.43. The van der Waals surface area contributed by atoms with Crippen molar-refractivity contribution in [1.29, 1.82) is 0 Å². The lowest BCUT2D eigenvalue weighted by Crippen LogP contribution is -3.14. The third kappa shape index (κ3) is 5.79. The number of carbonyl (C=O) groups excluding carboxylic acids is 1. The van der Waals surface area contributed by atoms with E-state index in [2.05, 4.69) is 10.6 Å². The Kier molecular flexibility index (Phi) is 7.41. The average Bonchev–Trinajstić information content (AvgIpc) is 2.68. The Bertz CT molecular complexity index is 845. The lowest BCUT2D eigenvalue weighted by atomic mass is 10.1. The summed E-state index contributed by atoms with van der Waals surface area (Å²) in [5.74, 6) is 0. The zero-order chi connectivity index (χ0) is 19.8. The second-order valence-corrected chi connectivity index (χ2v) is 6.89. The van der Waals surface area contributed by atoms with Crippen LogP contribution in [-0.2, 0) is 16.0 Å². The SMILES string of the molecule is CCOC(=O)Nc1ccc2c(C[NH2+]CCC[NH+]3CCOCC3)cc(=O)oc2c1. The summed E-state index contributed by atoms with van der Waals surface area (Å²) < 4.78 is 15.6. The molecule has 1 saturated heterocycles. The van der Waals surface area contributed by atoms with Crippen molar-refractivity contribution in [3.63, 3.8) is 0 Å². The number of benzene rings is 1. The van der Waals surface area contributed by atoms with Crippen LogP contribution in [0.25, 0.3) is 11.0 Å². The molecule has 1 aromatic heterocycles. The second kappa shape index (κ2) is 10.2. The number of nitrogens with one attached hydrogen (secondary N) is 2. The first-order valence-electron chi connectivity index (χ1n) is 9.89. The first kappa shape index (κ1) is 20.3. The summed E-state index contributed by atoms with van der Waals surface area (Å²) in [6.07, 6.45) is 0.596. The van der Waals surface area contributed by atoms with Crippen LogP contribution in [0.2, 0.25) is 0 Å². The highest BCUT2D eigenvalue weighted by Crippen LogP contribution is 2.21. The Labute approximate surface area is 163 Å². The van der Waals surface area contributed by atoms with Crippen molar-refractivity contribution in [2.75, 3.05) is 51.3 Å². The molecule has 1 aliphatic rings. The van der Waals surface area contributed by atoms with Gasteiger partial charge in [0, 0.05) is 35.2 Å². The predicted molar refractivity (Wildman–Crippen MR) is 105 cm³/mol. The number of fused-ring (bicyclic) bond motifs is 1. The van der Waals surface area contributed by atoms with E-state index in [1.165, 1.54) is 0 Å².